The molecule has 0 spiro atoms. The molecule has 0 aliphatic rings. The highest BCUT2D eigenvalue weighted by molar-refractivity contribution is 6.68. The minimum atomic E-state index is -0.593. The van der Waals surface area contributed by atoms with Gasteiger partial charge in [-0.25, -0.2) is 0 Å². The van der Waals surface area contributed by atoms with Gasteiger partial charge in [0.1, 0.15) is 5.75 Å². The maximum Gasteiger partial charge on any atom is 0.256 e. The highest BCUT2D eigenvalue weighted by atomic mass is 35.5. The van der Waals surface area contributed by atoms with Gasteiger partial charge in [-0.05, 0) is 23.7 Å². The molecule has 1 aromatic carbocycles. The Bertz CT molecular complexity index is 379. The predicted octanol–water partition coefficient (Wildman–Crippen LogP) is 1.32. The molecule has 1 aromatic rings. The topological polar surface area (TPSA) is 69.4 Å². The van der Waals surface area contributed by atoms with E-state index in [1.807, 2.05) is 0 Å². The van der Waals surface area contributed by atoms with Crippen molar-refractivity contribution in [3.05, 3.63) is 29.8 Å². The Morgan fingerprint density at radius 2 is 2.00 bits per heavy atom. The van der Waals surface area contributed by atoms with Crippen LogP contribution in [0.15, 0.2) is 24.3 Å². The van der Waals surface area contributed by atoms with Crippen molar-refractivity contribution in [3.63, 3.8) is 0 Å². The van der Waals surface area contributed by atoms with Crippen molar-refractivity contribution in [3.8, 4) is 5.75 Å². The van der Waals surface area contributed by atoms with Gasteiger partial charge >= 0.3 is 0 Å². The number of ether oxygens (including phenoxy) is 1. The summed E-state index contributed by atoms with van der Waals surface area (Å²) in [6, 6.07) is 6.55. The molecule has 0 aliphatic heterocycles. The van der Waals surface area contributed by atoms with Crippen molar-refractivity contribution >= 4 is 22.8 Å². The normalized spacial score (nSPS) is 9.67. The average Bonchev–Trinajstić information content (AvgIpc) is 2.17. The van der Waals surface area contributed by atoms with Crippen molar-refractivity contribution in [2.75, 3.05) is 6.61 Å². The number of rotatable bonds is 5. The van der Waals surface area contributed by atoms with E-state index in [4.69, 9.17) is 22.1 Å². The zero-order valence-electron chi connectivity index (χ0n) is 7.90. The molecule has 0 saturated heterocycles. The third kappa shape index (κ3) is 3.59. The van der Waals surface area contributed by atoms with E-state index in [1.165, 1.54) is 0 Å². The summed E-state index contributed by atoms with van der Waals surface area (Å²) in [5, 5.41) is -0.593. The summed E-state index contributed by atoms with van der Waals surface area (Å²) in [4.78, 5) is 21.4. The lowest BCUT2D eigenvalue weighted by Gasteiger charge is -2.07. The number of primary amides is 1. The molecule has 1 amide bonds. The van der Waals surface area contributed by atoms with Crippen molar-refractivity contribution in [2.24, 2.45) is 5.73 Å². The van der Waals surface area contributed by atoms with Gasteiger partial charge in [0.25, 0.3) is 5.24 Å². The van der Waals surface area contributed by atoms with Crippen LogP contribution < -0.4 is 10.5 Å². The third-order valence-corrected chi connectivity index (χ3v) is 1.91. The fourth-order valence-corrected chi connectivity index (χ4v) is 1.17. The lowest BCUT2D eigenvalue weighted by atomic mass is 10.2. The summed E-state index contributed by atoms with van der Waals surface area (Å²) >= 11 is 5.34. The monoisotopic (exact) mass is 227 g/mol. The molecule has 0 unspecified atom stereocenters. The summed E-state index contributed by atoms with van der Waals surface area (Å²) in [6.07, 6.45) is 0.102. The number of benzene rings is 1. The predicted molar refractivity (Wildman–Crippen MR) is 55.9 cm³/mol. The second-order valence-electron chi connectivity index (χ2n) is 2.83. The molecule has 15 heavy (non-hydrogen) atoms. The van der Waals surface area contributed by atoms with Gasteiger partial charge in [-0.2, -0.15) is 0 Å². The van der Waals surface area contributed by atoms with Crippen LogP contribution in [0, 0.1) is 0 Å². The summed E-state index contributed by atoms with van der Waals surface area (Å²) < 4.78 is 5.20. The fraction of sp³-hybridized carbons (Fsp3) is 0.200. The standard InChI is InChI=1S/C10H10ClNO3/c11-10(14)7-3-1-2-4-8(7)15-6-5-9(12)13/h1-4H,5-6H2,(H2,12,13). The molecule has 0 bridgehead atoms. The number of carbonyl (C=O) groups is 2. The first kappa shape index (κ1) is 11.5. The van der Waals surface area contributed by atoms with Crippen molar-refractivity contribution in [2.45, 2.75) is 6.42 Å². The second-order valence-corrected chi connectivity index (χ2v) is 3.18. The second kappa shape index (κ2) is 5.36. The molecule has 0 atom stereocenters. The Morgan fingerprint density at radius 3 is 2.60 bits per heavy atom. The number of hydrogen-bond donors (Lipinski definition) is 1. The first-order chi connectivity index (χ1) is 7.11. The van der Waals surface area contributed by atoms with Gasteiger partial charge in [0.05, 0.1) is 18.6 Å². The molecule has 1 rings (SSSR count). The number of carbonyl (C=O) groups excluding carboxylic acids is 2. The smallest absolute Gasteiger partial charge is 0.256 e. The molecule has 5 heteroatoms. The average molecular weight is 228 g/mol. The zero-order chi connectivity index (χ0) is 11.3. The summed E-state index contributed by atoms with van der Waals surface area (Å²) in [6.45, 7) is 0.135. The highest BCUT2D eigenvalue weighted by Crippen LogP contribution is 2.19. The SMILES string of the molecule is NC(=O)CCOc1ccccc1C(=O)Cl. The van der Waals surface area contributed by atoms with E-state index in [9.17, 15) is 9.59 Å². The van der Waals surface area contributed by atoms with Crippen molar-refractivity contribution in [1.29, 1.82) is 0 Å². The van der Waals surface area contributed by atoms with Crippen LogP contribution in [0.2, 0.25) is 0 Å². The van der Waals surface area contributed by atoms with E-state index >= 15 is 0 Å². The maximum absolute atomic E-state index is 11.0. The van der Waals surface area contributed by atoms with Gasteiger partial charge in [-0.3, -0.25) is 9.59 Å². The Morgan fingerprint density at radius 1 is 1.33 bits per heavy atom. The summed E-state index contributed by atoms with van der Waals surface area (Å²) in [7, 11) is 0. The molecule has 0 aliphatic carbocycles. The molecule has 2 N–H and O–H groups in total. The van der Waals surface area contributed by atoms with Crippen LogP contribution >= 0.6 is 11.6 Å². The number of para-hydroxylation sites is 1. The first-order valence-corrected chi connectivity index (χ1v) is 4.69. The molecule has 0 aromatic heterocycles. The summed E-state index contributed by atoms with van der Waals surface area (Å²) in [5.41, 5.74) is 5.22. The maximum atomic E-state index is 11.0. The molecule has 0 heterocycles. The van der Waals surface area contributed by atoms with E-state index in [0.29, 0.717) is 5.75 Å². The lowest BCUT2D eigenvalue weighted by Crippen LogP contribution is -2.15. The number of halogens is 1. The largest absolute Gasteiger partial charge is 0.492 e. The number of hydrogen-bond acceptors (Lipinski definition) is 3. The highest BCUT2D eigenvalue weighted by Gasteiger charge is 2.09. The molecule has 0 fully saturated rings. The summed E-state index contributed by atoms with van der Waals surface area (Å²) in [5.74, 6) is -0.0940. The van der Waals surface area contributed by atoms with Gasteiger partial charge in [-0.1, -0.05) is 12.1 Å². The van der Waals surface area contributed by atoms with E-state index in [2.05, 4.69) is 0 Å². The van der Waals surface area contributed by atoms with E-state index in [0.717, 1.165) is 0 Å². The van der Waals surface area contributed by atoms with Gasteiger partial charge < -0.3 is 10.5 Å². The molecular formula is C10H10ClNO3. The Kier molecular flexibility index (Phi) is 4.12. The Labute approximate surface area is 92.0 Å². The molecule has 4 nitrogen and oxygen atoms in total. The van der Waals surface area contributed by atoms with Crippen molar-refractivity contribution in [1.82, 2.24) is 0 Å². The number of nitrogens with two attached hydrogens (primary N) is 1. The van der Waals surface area contributed by atoms with Gasteiger partial charge in [-0.15, -0.1) is 0 Å². The molecule has 0 radical (unpaired) electrons. The number of amides is 1. The molecule has 80 valence electrons. The third-order valence-electron chi connectivity index (χ3n) is 1.70. The Hall–Kier alpha value is -1.55. The quantitative estimate of drug-likeness (QED) is 0.772. The zero-order valence-corrected chi connectivity index (χ0v) is 8.66. The van der Waals surface area contributed by atoms with Crippen LogP contribution in [0.5, 0.6) is 5.75 Å². The van der Waals surface area contributed by atoms with Gasteiger partial charge in [0.15, 0.2) is 0 Å². The Balaban J connectivity index is 2.67. The lowest BCUT2D eigenvalue weighted by molar-refractivity contribution is -0.118. The molecular weight excluding hydrogens is 218 g/mol. The minimum Gasteiger partial charge on any atom is -0.492 e. The van der Waals surface area contributed by atoms with E-state index in [1.54, 1.807) is 24.3 Å². The van der Waals surface area contributed by atoms with Crippen LogP contribution in [0.3, 0.4) is 0 Å². The molecule has 0 saturated carbocycles. The van der Waals surface area contributed by atoms with E-state index in [-0.39, 0.29) is 18.6 Å². The first-order valence-electron chi connectivity index (χ1n) is 4.31. The van der Waals surface area contributed by atoms with E-state index < -0.39 is 11.1 Å². The van der Waals surface area contributed by atoms with Crippen LogP contribution in [-0.2, 0) is 4.79 Å². The van der Waals surface area contributed by atoms with Gasteiger partial charge in [0.2, 0.25) is 5.91 Å². The fourth-order valence-electron chi connectivity index (χ4n) is 1.02. The van der Waals surface area contributed by atoms with Crippen LogP contribution in [0.1, 0.15) is 16.8 Å². The van der Waals surface area contributed by atoms with Crippen LogP contribution in [0.4, 0.5) is 0 Å². The van der Waals surface area contributed by atoms with Crippen molar-refractivity contribution < 1.29 is 14.3 Å². The van der Waals surface area contributed by atoms with Crippen LogP contribution in [-0.4, -0.2) is 17.8 Å². The van der Waals surface area contributed by atoms with Gasteiger partial charge in [0, 0.05) is 0 Å². The minimum absolute atomic E-state index is 0.102. The van der Waals surface area contributed by atoms with Crippen LogP contribution in [0.25, 0.3) is 0 Å².